The summed E-state index contributed by atoms with van der Waals surface area (Å²) in [5.41, 5.74) is -0.653. The fraction of sp³-hybridized carbons (Fsp3) is 0.444. The summed E-state index contributed by atoms with van der Waals surface area (Å²) in [6.07, 6.45) is -3.61. The zero-order chi connectivity index (χ0) is 28.0. The number of aryl methyl sites for hydroxylation is 1. The number of aliphatic hydroxyl groups excluding tert-OH is 1. The van der Waals surface area contributed by atoms with Crippen LogP contribution in [0.4, 0.5) is 13.2 Å². The van der Waals surface area contributed by atoms with Gasteiger partial charge in [-0.25, -0.2) is 4.98 Å². The van der Waals surface area contributed by atoms with Gasteiger partial charge >= 0.3 is 6.18 Å². The van der Waals surface area contributed by atoms with Crippen molar-refractivity contribution in [2.24, 2.45) is 17.3 Å². The maximum atomic E-state index is 13.8. The van der Waals surface area contributed by atoms with Gasteiger partial charge < -0.3 is 10.0 Å². The first-order chi connectivity index (χ1) is 18.3. The average Bonchev–Trinajstić information content (AvgIpc) is 3.24. The van der Waals surface area contributed by atoms with Crippen molar-refractivity contribution in [1.29, 1.82) is 0 Å². The van der Waals surface area contributed by atoms with Crippen LogP contribution in [0, 0.1) is 24.2 Å². The first-order valence-corrected chi connectivity index (χ1v) is 13.4. The summed E-state index contributed by atoms with van der Waals surface area (Å²) >= 11 is 1.20. The van der Waals surface area contributed by atoms with Gasteiger partial charge in [0, 0.05) is 29.7 Å². The zero-order valence-corrected chi connectivity index (χ0v) is 23.4. The largest absolute Gasteiger partial charge is 0.433 e. The quantitative estimate of drug-likeness (QED) is 0.448. The van der Waals surface area contributed by atoms with Crippen molar-refractivity contribution in [3.05, 3.63) is 46.1 Å². The molecule has 13 heteroatoms. The highest BCUT2D eigenvalue weighted by atomic mass is 35.5. The lowest BCUT2D eigenvalue weighted by molar-refractivity contribution is -0.144. The fourth-order valence-electron chi connectivity index (χ4n) is 5.93. The van der Waals surface area contributed by atoms with E-state index in [-0.39, 0.29) is 77.9 Å². The number of halogens is 4. The minimum atomic E-state index is -4.73. The van der Waals surface area contributed by atoms with Crippen molar-refractivity contribution < 1.29 is 32.7 Å². The third-order valence-corrected chi connectivity index (χ3v) is 9.24. The number of amides is 3. The number of likely N-dealkylation sites (tertiary alicyclic amines) is 2. The van der Waals surface area contributed by atoms with Crippen molar-refractivity contribution in [1.82, 2.24) is 19.8 Å². The molecule has 2 saturated heterocycles. The molecule has 40 heavy (non-hydrogen) atoms. The molecule has 0 radical (unpaired) electrons. The number of thiophene rings is 1. The van der Waals surface area contributed by atoms with Crippen LogP contribution in [0.5, 0.6) is 0 Å². The number of imide groups is 1. The molecule has 0 aromatic carbocycles. The first-order valence-electron chi connectivity index (χ1n) is 12.6. The molecule has 3 amide bonds. The van der Waals surface area contributed by atoms with Crippen LogP contribution in [0.25, 0.3) is 21.5 Å². The normalized spacial score (nSPS) is 23.5. The van der Waals surface area contributed by atoms with E-state index in [2.05, 4.69) is 9.97 Å². The number of aromatic nitrogens is 2. The lowest BCUT2D eigenvalue weighted by Crippen LogP contribution is -2.35. The molecule has 1 N–H and O–H groups in total. The minimum Gasteiger partial charge on any atom is -0.391 e. The van der Waals surface area contributed by atoms with E-state index in [1.54, 1.807) is 6.07 Å². The van der Waals surface area contributed by atoms with Gasteiger partial charge in [-0.05, 0) is 42.5 Å². The molecular formula is C27H26ClF3N4O4S. The van der Waals surface area contributed by atoms with Crippen LogP contribution in [0.15, 0.2) is 24.4 Å². The van der Waals surface area contributed by atoms with Crippen LogP contribution in [-0.2, 0) is 22.3 Å². The molecule has 0 bridgehead atoms. The molecule has 1 saturated carbocycles. The monoisotopic (exact) mass is 594 g/mol. The Morgan fingerprint density at radius 1 is 1.20 bits per heavy atom. The second-order valence-electron chi connectivity index (χ2n) is 11.1. The van der Waals surface area contributed by atoms with E-state index in [9.17, 15) is 32.7 Å². The smallest absolute Gasteiger partial charge is 0.391 e. The van der Waals surface area contributed by atoms with Crippen molar-refractivity contribution in [2.45, 2.75) is 46.0 Å². The van der Waals surface area contributed by atoms with Gasteiger partial charge in [-0.15, -0.1) is 23.7 Å². The first kappa shape index (κ1) is 28.4. The van der Waals surface area contributed by atoms with Crippen molar-refractivity contribution in [2.75, 3.05) is 13.1 Å². The van der Waals surface area contributed by atoms with E-state index in [0.717, 1.165) is 6.07 Å². The number of alkyl halides is 3. The number of nitrogens with zero attached hydrogens (tertiary/aromatic N) is 4. The molecule has 3 atom stereocenters. The lowest BCUT2D eigenvalue weighted by atomic mass is 9.99. The van der Waals surface area contributed by atoms with Gasteiger partial charge in [0.1, 0.15) is 5.69 Å². The van der Waals surface area contributed by atoms with Gasteiger partial charge in [0.2, 0.25) is 11.8 Å². The predicted octanol–water partition coefficient (Wildman–Crippen LogP) is 4.46. The highest BCUT2D eigenvalue weighted by Crippen LogP contribution is 2.63. The standard InChI is InChI=1S/C27H25F3N4O4S.ClH/c1-12-8-17(27(28,29)30)32-21(18(12)23(36)33-7-5-13(35)10-33)15-4-6-31-16-9-14(39-22(15)16)11-34-24(37)19-20(25(34)38)26(19,2)3;/h4,6,8-9,13,19-20,35H,5,7,10-11H2,1-3H3;1H. The average molecular weight is 595 g/mol. The number of aliphatic hydroxyl groups is 1. The van der Waals surface area contributed by atoms with Gasteiger partial charge in [0.15, 0.2) is 0 Å². The molecule has 0 spiro atoms. The molecule has 1 aliphatic carbocycles. The molecule has 2 aliphatic heterocycles. The van der Waals surface area contributed by atoms with E-state index in [4.69, 9.17) is 0 Å². The molecule has 6 rings (SSSR count). The molecule has 3 fully saturated rings. The van der Waals surface area contributed by atoms with Crippen LogP contribution in [0.1, 0.15) is 46.8 Å². The van der Waals surface area contributed by atoms with E-state index < -0.39 is 23.9 Å². The van der Waals surface area contributed by atoms with Gasteiger partial charge in [-0.2, -0.15) is 13.2 Å². The lowest BCUT2D eigenvalue weighted by Gasteiger charge is -2.21. The number of hydrogen-bond acceptors (Lipinski definition) is 7. The summed E-state index contributed by atoms with van der Waals surface area (Å²) in [6.45, 7) is 5.66. The van der Waals surface area contributed by atoms with Gasteiger partial charge in [-0.1, -0.05) is 13.8 Å². The Morgan fingerprint density at radius 3 is 2.48 bits per heavy atom. The van der Waals surface area contributed by atoms with Gasteiger partial charge in [-0.3, -0.25) is 24.3 Å². The molecule has 212 valence electrons. The summed E-state index contributed by atoms with van der Waals surface area (Å²) in [5, 5.41) is 9.93. The molecule has 3 aromatic rings. The third-order valence-electron chi connectivity index (χ3n) is 8.10. The Bertz CT molecular complexity index is 1550. The Labute approximate surface area is 237 Å². The Kier molecular flexibility index (Phi) is 6.75. The fourth-order valence-corrected chi connectivity index (χ4v) is 7.05. The number of piperidine rings is 1. The summed E-state index contributed by atoms with van der Waals surface area (Å²) in [6, 6.07) is 4.08. The summed E-state index contributed by atoms with van der Waals surface area (Å²) in [7, 11) is 0. The summed E-state index contributed by atoms with van der Waals surface area (Å²) in [4.78, 5) is 50.8. The van der Waals surface area contributed by atoms with Crippen LogP contribution < -0.4 is 0 Å². The number of carbonyl (C=O) groups is 3. The van der Waals surface area contributed by atoms with E-state index in [0.29, 0.717) is 27.1 Å². The van der Waals surface area contributed by atoms with Gasteiger partial charge in [0.05, 0.1) is 46.0 Å². The molecule has 3 unspecified atom stereocenters. The maximum Gasteiger partial charge on any atom is 0.433 e. The van der Waals surface area contributed by atoms with Crippen LogP contribution >= 0.6 is 23.7 Å². The van der Waals surface area contributed by atoms with Crippen LogP contribution in [0.2, 0.25) is 0 Å². The Morgan fingerprint density at radius 2 is 1.88 bits per heavy atom. The topological polar surface area (TPSA) is 104 Å². The van der Waals surface area contributed by atoms with Crippen LogP contribution in [-0.4, -0.2) is 61.8 Å². The van der Waals surface area contributed by atoms with Crippen molar-refractivity contribution in [3.8, 4) is 11.3 Å². The number of β-amino-alcohol motifs (C(OH)–C–C–N with tert-alkyl or cyclic N) is 1. The maximum absolute atomic E-state index is 13.8. The number of pyridine rings is 2. The molecular weight excluding hydrogens is 569 g/mol. The second-order valence-corrected chi connectivity index (χ2v) is 12.2. The van der Waals surface area contributed by atoms with E-state index >= 15 is 0 Å². The SMILES string of the molecule is Cc1cc(C(F)(F)F)nc(-c2ccnc3cc(CN4C(=O)C5C(C4=O)C5(C)C)sc23)c1C(=O)N1CCC(O)C1.Cl. The van der Waals surface area contributed by atoms with Crippen LogP contribution in [0.3, 0.4) is 0 Å². The van der Waals surface area contributed by atoms with E-state index in [1.165, 1.54) is 40.3 Å². The number of hydrogen-bond donors (Lipinski definition) is 1. The summed E-state index contributed by atoms with van der Waals surface area (Å²) < 4.78 is 41.9. The zero-order valence-electron chi connectivity index (χ0n) is 21.8. The number of carbonyl (C=O) groups excluding carboxylic acids is 3. The highest BCUT2D eigenvalue weighted by Gasteiger charge is 2.72. The number of fused-ring (bicyclic) bond motifs is 2. The number of rotatable bonds is 4. The van der Waals surface area contributed by atoms with E-state index in [1.807, 2.05) is 13.8 Å². The molecule has 8 nitrogen and oxygen atoms in total. The third kappa shape index (κ3) is 4.36. The summed E-state index contributed by atoms with van der Waals surface area (Å²) in [5.74, 6) is -1.56. The minimum absolute atomic E-state index is 0. The van der Waals surface area contributed by atoms with Crippen molar-refractivity contribution >= 4 is 51.7 Å². The van der Waals surface area contributed by atoms with Crippen molar-refractivity contribution in [3.63, 3.8) is 0 Å². The molecule has 5 heterocycles. The molecule has 3 aliphatic rings. The Balaban J connectivity index is 0.00000323. The molecule has 3 aromatic heterocycles. The van der Waals surface area contributed by atoms with Gasteiger partial charge in [0.25, 0.3) is 5.91 Å². The highest BCUT2D eigenvalue weighted by molar-refractivity contribution is 7.19. The second kappa shape index (κ2) is 9.49. The Hall–Kier alpha value is -3.09. The predicted molar refractivity (Wildman–Crippen MR) is 143 cm³/mol.